The summed E-state index contributed by atoms with van der Waals surface area (Å²) in [7, 11) is 0. The van der Waals surface area contributed by atoms with Gasteiger partial charge in [0, 0.05) is 37.4 Å². The second-order valence-corrected chi connectivity index (χ2v) is 7.97. The molecule has 0 aliphatic carbocycles. The molecular formula is C24H34N2O3. The van der Waals surface area contributed by atoms with Gasteiger partial charge in [-0.25, -0.2) is 4.90 Å². The number of aryl methyl sites for hydroxylation is 1. The van der Waals surface area contributed by atoms with Gasteiger partial charge in [0.05, 0.1) is 0 Å². The zero-order chi connectivity index (χ0) is 21.0. The molecule has 1 aliphatic rings. The zero-order valence-corrected chi connectivity index (χ0v) is 18.2. The highest BCUT2D eigenvalue weighted by molar-refractivity contribution is 5.51. The highest BCUT2D eigenvalue weighted by Crippen LogP contribution is 2.40. The topological polar surface area (TPSA) is 54.0 Å². The number of aromatic hydroxyl groups is 1. The lowest BCUT2D eigenvalue weighted by Gasteiger charge is -2.49. The summed E-state index contributed by atoms with van der Waals surface area (Å²) in [6.45, 7) is 13.1. The van der Waals surface area contributed by atoms with Gasteiger partial charge < -0.3 is 19.9 Å². The number of piperazine rings is 1. The number of nitrogens with one attached hydrogen (secondary N) is 1. The predicted octanol–water partition coefficient (Wildman–Crippen LogP) is 4.34. The summed E-state index contributed by atoms with van der Waals surface area (Å²) in [6, 6.07) is 14.3. The lowest BCUT2D eigenvalue weighted by atomic mass is 9.97. The fraction of sp³-hybridized carbons (Fsp3) is 0.500. The number of hydrogen-bond donors (Lipinski definition) is 2. The van der Waals surface area contributed by atoms with E-state index in [1.54, 1.807) is 0 Å². The monoisotopic (exact) mass is 398 g/mol. The van der Waals surface area contributed by atoms with Crippen LogP contribution in [0.5, 0.6) is 11.5 Å². The molecule has 5 nitrogen and oxygen atoms in total. The number of ether oxygens (including phenoxy) is 2. The Morgan fingerprint density at radius 3 is 2.52 bits per heavy atom. The van der Waals surface area contributed by atoms with Crippen LogP contribution in [0, 0.1) is 6.92 Å². The number of rotatable bonds is 7. The first-order chi connectivity index (χ1) is 13.9. The third-order valence-electron chi connectivity index (χ3n) is 5.68. The molecule has 29 heavy (non-hydrogen) atoms. The molecule has 0 aromatic heterocycles. The van der Waals surface area contributed by atoms with E-state index in [-0.39, 0.29) is 17.9 Å². The Morgan fingerprint density at radius 1 is 1.14 bits per heavy atom. The number of nitrogens with zero attached hydrogens (tertiary/aromatic N) is 1. The van der Waals surface area contributed by atoms with E-state index in [2.05, 4.69) is 36.2 Å². The summed E-state index contributed by atoms with van der Waals surface area (Å²) in [5.74, 6) is 1.04. The average Bonchev–Trinajstić information content (AvgIpc) is 2.72. The van der Waals surface area contributed by atoms with Gasteiger partial charge in [-0.15, -0.1) is 0 Å². The predicted molar refractivity (Wildman–Crippen MR) is 116 cm³/mol. The lowest BCUT2D eigenvalue weighted by Crippen LogP contribution is -2.64. The van der Waals surface area contributed by atoms with E-state index < -0.39 is 5.72 Å². The summed E-state index contributed by atoms with van der Waals surface area (Å²) in [4.78, 5) is 2.26. The molecule has 0 amide bonds. The molecular weight excluding hydrogens is 364 g/mol. The molecule has 1 saturated heterocycles. The van der Waals surface area contributed by atoms with Crippen LogP contribution in [0.15, 0.2) is 42.5 Å². The van der Waals surface area contributed by atoms with Crippen molar-refractivity contribution in [1.29, 1.82) is 0 Å². The summed E-state index contributed by atoms with van der Waals surface area (Å²) in [6.07, 6.45) is -0.283. The fourth-order valence-corrected chi connectivity index (χ4v) is 4.14. The van der Waals surface area contributed by atoms with Gasteiger partial charge in [-0.1, -0.05) is 56.3 Å². The average molecular weight is 399 g/mol. The van der Waals surface area contributed by atoms with Crippen molar-refractivity contribution in [1.82, 2.24) is 10.2 Å². The highest BCUT2D eigenvalue weighted by atomic mass is 16.5. The molecule has 158 valence electrons. The van der Waals surface area contributed by atoms with E-state index in [0.717, 1.165) is 29.8 Å². The van der Waals surface area contributed by atoms with Crippen LogP contribution in [0.1, 0.15) is 50.3 Å². The summed E-state index contributed by atoms with van der Waals surface area (Å²) in [5, 5.41) is 14.2. The van der Waals surface area contributed by atoms with Crippen LogP contribution in [0.2, 0.25) is 0 Å². The van der Waals surface area contributed by atoms with Gasteiger partial charge in [0.1, 0.15) is 0 Å². The second-order valence-electron chi connectivity index (χ2n) is 7.97. The third-order valence-corrected chi connectivity index (χ3v) is 5.68. The maximum Gasteiger partial charge on any atom is 0.167 e. The standard InChI is InChI=1S/C24H34N2O3/c1-6-28-24(20-10-8-7-9-11-20)16-25-14-15-26(24)19(5)29-23-21(17(2)3)13-12-18(4)22(23)27/h7-13,17,19,25,27H,6,14-16H2,1-5H3. The fourth-order valence-electron chi connectivity index (χ4n) is 4.14. The van der Waals surface area contributed by atoms with E-state index in [4.69, 9.17) is 9.47 Å². The quantitative estimate of drug-likeness (QED) is 0.726. The maximum atomic E-state index is 10.7. The van der Waals surface area contributed by atoms with Gasteiger partial charge in [0.2, 0.25) is 0 Å². The molecule has 0 radical (unpaired) electrons. The van der Waals surface area contributed by atoms with Crippen LogP contribution in [-0.2, 0) is 10.5 Å². The van der Waals surface area contributed by atoms with Gasteiger partial charge in [-0.05, 0) is 32.3 Å². The maximum absolute atomic E-state index is 10.7. The Balaban J connectivity index is 1.99. The molecule has 0 saturated carbocycles. The normalized spacial score (nSPS) is 21.3. The van der Waals surface area contributed by atoms with Crippen LogP contribution in [0.4, 0.5) is 0 Å². The van der Waals surface area contributed by atoms with Crippen LogP contribution in [0.3, 0.4) is 0 Å². The lowest BCUT2D eigenvalue weighted by molar-refractivity contribution is -0.211. The van der Waals surface area contributed by atoms with Crippen molar-refractivity contribution in [3.8, 4) is 11.5 Å². The Bertz CT molecular complexity index is 805. The Labute approximate surface area is 174 Å². The van der Waals surface area contributed by atoms with Crippen molar-refractivity contribution in [3.63, 3.8) is 0 Å². The van der Waals surface area contributed by atoms with Gasteiger partial charge in [-0.3, -0.25) is 0 Å². The Hall–Kier alpha value is -2.08. The third kappa shape index (κ3) is 4.27. The van der Waals surface area contributed by atoms with Crippen LogP contribution in [-0.4, -0.2) is 42.5 Å². The number of hydrogen-bond acceptors (Lipinski definition) is 5. The van der Waals surface area contributed by atoms with Crippen molar-refractivity contribution in [2.24, 2.45) is 0 Å². The highest BCUT2D eigenvalue weighted by Gasteiger charge is 2.44. The van der Waals surface area contributed by atoms with Gasteiger partial charge in [0.15, 0.2) is 23.5 Å². The van der Waals surface area contributed by atoms with Gasteiger partial charge >= 0.3 is 0 Å². The second kappa shape index (κ2) is 9.16. The molecule has 2 aromatic rings. The Kier molecular flexibility index (Phi) is 6.83. The van der Waals surface area contributed by atoms with Crippen molar-refractivity contribution in [2.45, 2.75) is 52.5 Å². The van der Waals surface area contributed by atoms with Crippen molar-refractivity contribution >= 4 is 0 Å². The molecule has 0 spiro atoms. The summed E-state index contributed by atoms with van der Waals surface area (Å²) < 4.78 is 12.8. The van der Waals surface area contributed by atoms with Gasteiger partial charge in [0.25, 0.3) is 0 Å². The molecule has 2 aromatic carbocycles. The smallest absolute Gasteiger partial charge is 0.167 e. The Morgan fingerprint density at radius 2 is 1.86 bits per heavy atom. The number of phenols is 1. The first-order valence-electron chi connectivity index (χ1n) is 10.6. The SMILES string of the molecule is CCOC1(c2ccccc2)CNCCN1C(C)Oc1c(C(C)C)ccc(C)c1O. The van der Waals surface area contributed by atoms with E-state index in [0.29, 0.717) is 18.9 Å². The minimum Gasteiger partial charge on any atom is -0.504 e. The number of phenolic OH excluding ortho intramolecular Hbond substituents is 1. The van der Waals surface area contributed by atoms with Crippen molar-refractivity contribution in [3.05, 3.63) is 59.2 Å². The van der Waals surface area contributed by atoms with E-state index >= 15 is 0 Å². The van der Waals surface area contributed by atoms with E-state index in [9.17, 15) is 5.11 Å². The molecule has 2 N–H and O–H groups in total. The molecule has 5 heteroatoms. The van der Waals surface area contributed by atoms with Crippen LogP contribution in [0.25, 0.3) is 0 Å². The van der Waals surface area contributed by atoms with Crippen LogP contribution >= 0.6 is 0 Å². The molecule has 2 atom stereocenters. The molecule has 1 heterocycles. The summed E-state index contributed by atoms with van der Waals surface area (Å²) in [5.41, 5.74) is 2.31. The zero-order valence-electron chi connectivity index (χ0n) is 18.2. The first-order valence-corrected chi connectivity index (χ1v) is 10.6. The minimum absolute atomic E-state index is 0.222. The largest absolute Gasteiger partial charge is 0.504 e. The molecule has 0 bridgehead atoms. The van der Waals surface area contributed by atoms with Crippen LogP contribution < -0.4 is 10.1 Å². The molecule has 2 unspecified atom stereocenters. The van der Waals surface area contributed by atoms with E-state index in [1.807, 2.05) is 51.1 Å². The van der Waals surface area contributed by atoms with Gasteiger partial charge in [-0.2, -0.15) is 0 Å². The first kappa shape index (κ1) is 21.6. The molecule has 1 fully saturated rings. The van der Waals surface area contributed by atoms with Crippen molar-refractivity contribution in [2.75, 3.05) is 26.2 Å². The molecule has 1 aliphatic heterocycles. The molecule has 3 rings (SSSR count). The van der Waals surface area contributed by atoms with Crippen molar-refractivity contribution < 1.29 is 14.6 Å². The number of benzene rings is 2. The summed E-state index contributed by atoms with van der Waals surface area (Å²) >= 11 is 0. The minimum atomic E-state index is -0.620. The van der Waals surface area contributed by atoms with E-state index in [1.165, 1.54) is 0 Å².